The Kier molecular flexibility index (Phi) is 6.18. The molecule has 0 saturated carbocycles. The third-order valence-corrected chi connectivity index (χ3v) is 6.49. The number of amidine groups is 1. The van der Waals surface area contributed by atoms with Crippen LogP contribution in [0, 0.1) is 5.82 Å². The molecule has 1 fully saturated rings. The van der Waals surface area contributed by atoms with E-state index in [9.17, 15) is 14.0 Å². The van der Waals surface area contributed by atoms with Gasteiger partial charge in [0, 0.05) is 12.1 Å². The number of fused-ring (bicyclic) bond motifs is 1. The number of nitrogens with zero attached hydrogens (tertiary/aromatic N) is 2. The Morgan fingerprint density at radius 3 is 2.62 bits per heavy atom. The fourth-order valence-electron chi connectivity index (χ4n) is 3.59. The maximum atomic E-state index is 13.2. The molecule has 0 aromatic heterocycles. The first-order valence-corrected chi connectivity index (χ1v) is 11.5. The molecule has 2 aliphatic heterocycles. The minimum absolute atomic E-state index is 0.00998. The van der Waals surface area contributed by atoms with Crippen LogP contribution in [-0.4, -0.2) is 33.9 Å². The van der Waals surface area contributed by atoms with Crippen molar-refractivity contribution in [2.24, 2.45) is 4.99 Å². The summed E-state index contributed by atoms with van der Waals surface area (Å²) in [5.41, 5.74) is 1.99. The Morgan fingerprint density at radius 2 is 1.82 bits per heavy atom. The van der Waals surface area contributed by atoms with Crippen LogP contribution in [0.15, 0.2) is 77.8 Å². The van der Waals surface area contributed by atoms with Gasteiger partial charge in [-0.05, 0) is 54.1 Å². The van der Waals surface area contributed by atoms with Gasteiger partial charge in [0.05, 0.1) is 12.2 Å². The number of carbonyl (C=O) groups is 2. The van der Waals surface area contributed by atoms with Crippen LogP contribution >= 0.6 is 11.8 Å². The molecule has 1 unspecified atom stereocenters. The number of para-hydroxylation sites is 1. The van der Waals surface area contributed by atoms with Gasteiger partial charge >= 0.3 is 0 Å². The van der Waals surface area contributed by atoms with Gasteiger partial charge in [-0.2, -0.15) is 0 Å². The normalized spacial score (nSPS) is 18.3. The van der Waals surface area contributed by atoms with Gasteiger partial charge in [0.2, 0.25) is 18.6 Å². The minimum atomic E-state index is -0.673. The number of aliphatic imine (C=N–C) groups is 1. The van der Waals surface area contributed by atoms with Crippen molar-refractivity contribution in [1.29, 1.82) is 0 Å². The molecule has 7 nitrogen and oxygen atoms in total. The van der Waals surface area contributed by atoms with E-state index in [0.717, 1.165) is 5.56 Å². The van der Waals surface area contributed by atoms with E-state index in [4.69, 9.17) is 9.47 Å². The largest absolute Gasteiger partial charge is 0.454 e. The van der Waals surface area contributed by atoms with Crippen molar-refractivity contribution >= 4 is 40.1 Å². The van der Waals surface area contributed by atoms with Gasteiger partial charge in [0.1, 0.15) is 11.1 Å². The summed E-state index contributed by atoms with van der Waals surface area (Å²) in [6.07, 6.45) is 0.00998. The first-order valence-electron chi connectivity index (χ1n) is 10.6. The Morgan fingerprint density at radius 1 is 1.06 bits per heavy atom. The molecule has 2 amide bonds. The summed E-state index contributed by atoms with van der Waals surface area (Å²) in [6.45, 7) is 0.448. The lowest BCUT2D eigenvalue weighted by atomic mass is 10.1. The summed E-state index contributed by atoms with van der Waals surface area (Å²) in [5.74, 6) is 0.349. The number of rotatable bonds is 5. The Hall–Kier alpha value is -3.85. The van der Waals surface area contributed by atoms with Gasteiger partial charge in [0.25, 0.3) is 0 Å². The van der Waals surface area contributed by atoms with Crippen molar-refractivity contribution in [2.75, 3.05) is 12.1 Å². The topological polar surface area (TPSA) is 80.2 Å². The van der Waals surface area contributed by atoms with Gasteiger partial charge in [-0.3, -0.25) is 14.5 Å². The van der Waals surface area contributed by atoms with Crippen LogP contribution in [0.5, 0.6) is 11.5 Å². The SMILES string of the molecule is O=C(Nc1ccc(F)cc1)C1CC(=O)N(Cc2ccc3c(c2)OCO3)C(=Nc2ccccc2)S1. The number of ether oxygens (including phenoxy) is 2. The molecule has 5 rings (SSSR count). The number of hydrogen-bond acceptors (Lipinski definition) is 6. The van der Waals surface area contributed by atoms with E-state index in [2.05, 4.69) is 10.3 Å². The maximum absolute atomic E-state index is 13.2. The lowest BCUT2D eigenvalue weighted by molar-refractivity contribution is -0.129. The van der Waals surface area contributed by atoms with Gasteiger partial charge in [-0.15, -0.1) is 0 Å². The van der Waals surface area contributed by atoms with Crippen molar-refractivity contribution in [3.05, 3.63) is 84.2 Å². The van der Waals surface area contributed by atoms with Crippen molar-refractivity contribution in [1.82, 2.24) is 4.90 Å². The minimum Gasteiger partial charge on any atom is -0.454 e. The predicted molar refractivity (Wildman–Crippen MR) is 128 cm³/mol. The van der Waals surface area contributed by atoms with Crippen LogP contribution < -0.4 is 14.8 Å². The first-order chi connectivity index (χ1) is 16.5. The zero-order valence-electron chi connectivity index (χ0n) is 17.9. The summed E-state index contributed by atoms with van der Waals surface area (Å²) in [6, 6.07) is 20.3. The van der Waals surface area contributed by atoms with Crippen molar-refractivity contribution in [2.45, 2.75) is 18.2 Å². The van der Waals surface area contributed by atoms with E-state index in [0.29, 0.717) is 28.0 Å². The van der Waals surface area contributed by atoms with Gasteiger partial charge in [0.15, 0.2) is 16.7 Å². The van der Waals surface area contributed by atoms with Crippen LogP contribution in [0.2, 0.25) is 0 Å². The molecule has 3 aromatic carbocycles. The molecule has 1 saturated heterocycles. The van der Waals surface area contributed by atoms with E-state index in [1.54, 1.807) is 4.90 Å². The van der Waals surface area contributed by atoms with Crippen LogP contribution in [0.1, 0.15) is 12.0 Å². The predicted octanol–water partition coefficient (Wildman–Crippen LogP) is 4.71. The molecular formula is C25H20FN3O4S. The molecule has 0 spiro atoms. The highest BCUT2D eigenvalue weighted by atomic mass is 32.2. The number of halogens is 1. The summed E-state index contributed by atoms with van der Waals surface area (Å²) in [7, 11) is 0. The Balaban J connectivity index is 1.39. The molecule has 2 aliphatic rings. The molecule has 2 heterocycles. The average Bonchev–Trinajstić information content (AvgIpc) is 3.31. The van der Waals surface area contributed by atoms with E-state index < -0.39 is 11.1 Å². The lowest BCUT2D eigenvalue weighted by Gasteiger charge is -2.32. The second-order valence-electron chi connectivity index (χ2n) is 7.70. The Labute approximate surface area is 199 Å². The molecule has 0 radical (unpaired) electrons. The zero-order valence-corrected chi connectivity index (χ0v) is 18.8. The number of amides is 2. The Bertz CT molecular complexity index is 1250. The molecule has 1 N–H and O–H groups in total. The molecule has 9 heteroatoms. The van der Waals surface area contributed by atoms with Gasteiger partial charge in [-0.25, -0.2) is 9.38 Å². The lowest BCUT2D eigenvalue weighted by Crippen LogP contribution is -2.44. The van der Waals surface area contributed by atoms with E-state index in [1.807, 2.05) is 48.5 Å². The average molecular weight is 478 g/mol. The van der Waals surface area contributed by atoms with E-state index >= 15 is 0 Å². The molecule has 3 aromatic rings. The van der Waals surface area contributed by atoms with Gasteiger partial charge in [-0.1, -0.05) is 36.0 Å². The smallest absolute Gasteiger partial charge is 0.238 e. The van der Waals surface area contributed by atoms with Crippen LogP contribution in [-0.2, 0) is 16.1 Å². The molecule has 0 bridgehead atoms. The highest BCUT2D eigenvalue weighted by molar-refractivity contribution is 8.15. The molecule has 0 aliphatic carbocycles. The fraction of sp³-hybridized carbons (Fsp3) is 0.160. The van der Waals surface area contributed by atoms with Crippen LogP contribution in [0.4, 0.5) is 15.8 Å². The quantitative estimate of drug-likeness (QED) is 0.576. The summed E-state index contributed by atoms with van der Waals surface area (Å²) in [5, 5.41) is 2.51. The molecule has 34 heavy (non-hydrogen) atoms. The van der Waals surface area contributed by atoms with Gasteiger partial charge < -0.3 is 14.8 Å². The third-order valence-electron chi connectivity index (χ3n) is 5.30. The number of thioether (sulfide) groups is 1. The monoisotopic (exact) mass is 477 g/mol. The summed E-state index contributed by atoms with van der Waals surface area (Å²) < 4.78 is 24.0. The van der Waals surface area contributed by atoms with Crippen molar-refractivity contribution < 1.29 is 23.5 Å². The van der Waals surface area contributed by atoms with E-state index in [1.165, 1.54) is 36.0 Å². The summed E-state index contributed by atoms with van der Waals surface area (Å²) in [4.78, 5) is 32.3. The highest BCUT2D eigenvalue weighted by Gasteiger charge is 2.36. The van der Waals surface area contributed by atoms with Crippen LogP contribution in [0.3, 0.4) is 0 Å². The second-order valence-corrected chi connectivity index (χ2v) is 8.87. The maximum Gasteiger partial charge on any atom is 0.238 e. The first kappa shape index (κ1) is 22.0. The standard InChI is InChI=1S/C25H20FN3O4S/c26-17-7-9-19(10-8-17)27-24(31)22-13-23(30)29(25(34-22)28-18-4-2-1-3-5-18)14-16-6-11-20-21(12-16)33-15-32-20/h1-12,22H,13-15H2,(H,27,31). The molecule has 1 atom stereocenters. The number of carbonyl (C=O) groups excluding carboxylic acids is 2. The van der Waals surface area contributed by atoms with Crippen molar-refractivity contribution in [3.8, 4) is 11.5 Å². The summed E-state index contributed by atoms with van der Waals surface area (Å²) >= 11 is 1.23. The molecule has 172 valence electrons. The number of anilines is 1. The number of nitrogens with one attached hydrogen (secondary N) is 1. The number of benzene rings is 3. The molecular weight excluding hydrogens is 457 g/mol. The third kappa shape index (κ3) is 4.89. The number of hydrogen-bond donors (Lipinski definition) is 1. The van der Waals surface area contributed by atoms with E-state index in [-0.39, 0.29) is 31.6 Å². The van der Waals surface area contributed by atoms with Crippen molar-refractivity contribution in [3.63, 3.8) is 0 Å². The zero-order chi connectivity index (χ0) is 23.5. The highest BCUT2D eigenvalue weighted by Crippen LogP contribution is 2.35. The fourth-order valence-corrected chi connectivity index (χ4v) is 4.69. The van der Waals surface area contributed by atoms with Crippen LogP contribution in [0.25, 0.3) is 0 Å². The second kappa shape index (κ2) is 9.56.